The van der Waals surface area contributed by atoms with Crippen LogP contribution in [-0.2, 0) is 0 Å². The average Bonchev–Trinajstić information content (AvgIpc) is 3.33. The van der Waals surface area contributed by atoms with Gasteiger partial charge < -0.3 is 0 Å². The first-order valence-corrected chi connectivity index (χ1v) is 12.9. The monoisotopic (exact) mass is 491 g/mol. The molecule has 4 aromatic rings. The van der Waals surface area contributed by atoms with E-state index in [9.17, 15) is 18.7 Å². The maximum absolute atomic E-state index is 12.9. The van der Waals surface area contributed by atoms with Crippen LogP contribution in [0.4, 0.5) is 11.4 Å². The highest BCUT2D eigenvalue weighted by atomic mass is 32.3. The fourth-order valence-corrected chi connectivity index (χ4v) is 6.20. The van der Waals surface area contributed by atoms with Crippen molar-refractivity contribution in [2.75, 3.05) is 4.90 Å². The van der Waals surface area contributed by atoms with Crippen molar-refractivity contribution < 1.29 is 18.7 Å². The Bertz CT molecular complexity index is 1610. The molecule has 1 heterocycles. The second-order valence-electron chi connectivity index (χ2n) is 8.55. The molecule has 2 N–H and O–H groups in total. The second kappa shape index (κ2) is 8.46. The molecule has 2 aliphatic rings. The van der Waals surface area contributed by atoms with E-state index < -0.39 is 22.2 Å². The number of anilines is 2. The highest BCUT2D eigenvalue weighted by molar-refractivity contribution is 8.31. The van der Waals surface area contributed by atoms with Crippen molar-refractivity contribution in [2.45, 2.75) is 0 Å². The lowest BCUT2D eigenvalue weighted by Gasteiger charge is -2.39. The smallest absolute Gasteiger partial charge is 0.197 e. The van der Waals surface area contributed by atoms with Gasteiger partial charge in [-0.15, -0.1) is 10.6 Å². The van der Waals surface area contributed by atoms with E-state index in [2.05, 4.69) is 0 Å². The Morgan fingerprint density at radius 1 is 0.667 bits per heavy atom. The highest BCUT2D eigenvalue weighted by Crippen LogP contribution is 2.62. The van der Waals surface area contributed by atoms with Crippen LogP contribution in [0.25, 0.3) is 10.8 Å². The van der Waals surface area contributed by atoms with Gasteiger partial charge in [-0.3, -0.25) is 23.6 Å². The molecule has 6 heteroatoms. The Labute approximate surface area is 209 Å². The fraction of sp³-hybridized carbons (Fsp3) is 0. The number of ketones is 2. The molecule has 4 aromatic carbocycles. The molecule has 0 fully saturated rings. The van der Waals surface area contributed by atoms with E-state index in [1.54, 1.807) is 36.4 Å². The van der Waals surface area contributed by atoms with E-state index in [0.29, 0.717) is 11.1 Å². The van der Waals surface area contributed by atoms with Crippen molar-refractivity contribution >= 4 is 44.3 Å². The third-order valence-electron chi connectivity index (χ3n) is 6.44. The van der Waals surface area contributed by atoms with Crippen LogP contribution in [0.5, 0.6) is 0 Å². The molecule has 0 spiro atoms. The van der Waals surface area contributed by atoms with E-state index >= 15 is 0 Å². The number of hydrogen-bond donors (Lipinski definition) is 2. The molecule has 0 saturated carbocycles. The quantitative estimate of drug-likeness (QED) is 0.229. The van der Waals surface area contributed by atoms with Gasteiger partial charge in [0.15, 0.2) is 11.6 Å². The molecular weight excluding hydrogens is 470 g/mol. The first-order valence-electron chi connectivity index (χ1n) is 11.4. The average molecular weight is 492 g/mol. The largest absolute Gasteiger partial charge is 0.296 e. The van der Waals surface area contributed by atoms with Crippen molar-refractivity contribution in [1.29, 1.82) is 0 Å². The molecule has 0 unspecified atom stereocenters. The number of carbonyl (C=O) groups is 2. The normalized spacial score (nSPS) is 17.0. The topological polar surface area (TPSA) is 77.8 Å². The predicted molar refractivity (Wildman–Crippen MR) is 145 cm³/mol. The summed E-state index contributed by atoms with van der Waals surface area (Å²) in [5, 5.41) is 2.23. The zero-order chi connectivity index (χ0) is 24.9. The summed E-state index contributed by atoms with van der Waals surface area (Å²) in [4.78, 5) is 27.8. The number of fused-ring (bicyclic) bond motifs is 2. The highest BCUT2D eigenvalue weighted by Gasteiger charge is 2.37. The number of carbonyl (C=O) groups excluding carboxylic acids is 2. The molecule has 0 bridgehead atoms. The molecule has 0 radical (unpaired) electrons. The van der Waals surface area contributed by atoms with E-state index in [4.69, 9.17) is 0 Å². The minimum Gasteiger partial charge on any atom is -0.296 e. The third kappa shape index (κ3) is 3.43. The maximum atomic E-state index is 12.9. The van der Waals surface area contributed by atoms with Crippen LogP contribution in [0, 0.1) is 0 Å². The van der Waals surface area contributed by atoms with Crippen molar-refractivity contribution in [3.05, 3.63) is 142 Å². The molecular formula is C30H21NO4S. The van der Waals surface area contributed by atoms with Crippen molar-refractivity contribution in [1.82, 2.24) is 0 Å². The Morgan fingerprint density at radius 2 is 1.28 bits per heavy atom. The number of rotatable bonds is 4. The Hall–Kier alpha value is -4.23. The van der Waals surface area contributed by atoms with Gasteiger partial charge in [-0.2, -0.15) is 0 Å². The Balaban J connectivity index is 1.45. The zero-order valence-electron chi connectivity index (χ0n) is 19.0. The minimum atomic E-state index is -3.55. The molecule has 0 saturated heterocycles. The van der Waals surface area contributed by atoms with Gasteiger partial charge >= 0.3 is 0 Å². The standard InChI is InChI=1S/C30H21NO4S/c32-29-24-14-6-7-15-25(24)30(33)26(29)19-22-17-18-28(36(22,34)35)31(21-11-2-1-3-12-21)27-16-8-10-20-9-4-5-13-23(20)27/h1-19,34-35H. The van der Waals surface area contributed by atoms with Crippen molar-refractivity contribution in [2.24, 2.45) is 0 Å². The first kappa shape index (κ1) is 22.2. The second-order valence-corrected chi connectivity index (χ2v) is 10.5. The lowest BCUT2D eigenvalue weighted by atomic mass is 10.1. The van der Waals surface area contributed by atoms with Gasteiger partial charge in [0, 0.05) is 22.2 Å². The fourth-order valence-electron chi connectivity index (χ4n) is 4.71. The summed E-state index contributed by atoms with van der Waals surface area (Å²) in [6.07, 6.45) is 4.55. The van der Waals surface area contributed by atoms with Crippen LogP contribution in [-0.4, -0.2) is 20.7 Å². The van der Waals surface area contributed by atoms with Gasteiger partial charge in [-0.05, 0) is 41.8 Å². The Kier molecular flexibility index (Phi) is 5.23. The first-order chi connectivity index (χ1) is 17.5. The van der Waals surface area contributed by atoms with Crippen molar-refractivity contribution in [3.63, 3.8) is 0 Å². The van der Waals surface area contributed by atoms with Crippen LogP contribution in [0.3, 0.4) is 0 Å². The lowest BCUT2D eigenvalue weighted by Crippen LogP contribution is -2.20. The molecule has 176 valence electrons. The van der Waals surface area contributed by atoms with Crippen LogP contribution in [0.15, 0.2) is 131 Å². The number of benzene rings is 4. The van der Waals surface area contributed by atoms with E-state index in [1.807, 2.05) is 77.7 Å². The van der Waals surface area contributed by atoms with E-state index in [1.165, 1.54) is 6.08 Å². The van der Waals surface area contributed by atoms with Gasteiger partial charge in [0.2, 0.25) is 0 Å². The number of hydrogen-bond acceptors (Lipinski definition) is 5. The molecule has 0 aromatic heterocycles. The van der Waals surface area contributed by atoms with E-state index in [0.717, 1.165) is 22.1 Å². The van der Waals surface area contributed by atoms with Crippen LogP contribution >= 0.6 is 10.6 Å². The molecule has 5 nitrogen and oxygen atoms in total. The molecule has 6 rings (SSSR count). The predicted octanol–water partition coefficient (Wildman–Crippen LogP) is 7.47. The Morgan fingerprint density at radius 3 is 2.00 bits per heavy atom. The van der Waals surface area contributed by atoms with Crippen LogP contribution < -0.4 is 4.90 Å². The van der Waals surface area contributed by atoms with Crippen LogP contribution in [0.1, 0.15) is 20.7 Å². The number of allylic oxidation sites excluding steroid dienone is 4. The summed E-state index contributed by atoms with van der Waals surface area (Å²) in [7, 11) is -3.55. The summed E-state index contributed by atoms with van der Waals surface area (Å²) in [6.45, 7) is 0. The minimum absolute atomic E-state index is 0.0616. The number of Topliss-reactive ketones (excluding diaryl/α,β-unsaturated/α-hetero) is 2. The van der Waals surface area contributed by atoms with E-state index in [-0.39, 0.29) is 15.5 Å². The molecule has 1 aliphatic carbocycles. The maximum Gasteiger partial charge on any atom is 0.197 e. The summed E-state index contributed by atoms with van der Waals surface area (Å²) >= 11 is 0. The van der Waals surface area contributed by atoms with Crippen molar-refractivity contribution in [3.8, 4) is 0 Å². The van der Waals surface area contributed by atoms with Gasteiger partial charge in [0.05, 0.1) is 16.2 Å². The lowest BCUT2D eigenvalue weighted by molar-refractivity contribution is 0.0988. The third-order valence-corrected chi connectivity index (χ3v) is 8.26. The summed E-state index contributed by atoms with van der Waals surface area (Å²) in [5.74, 6) is -0.816. The SMILES string of the molecule is O=C1C(=CC2=CC=C(N(c3ccccc3)c3cccc4ccccc34)S2(O)O)C(=O)c2ccccc21. The molecule has 0 atom stereocenters. The summed E-state index contributed by atoms with van der Waals surface area (Å²) in [5.41, 5.74) is 2.14. The van der Waals surface area contributed by atoms with Crippen LogP contribution in [0.2, 0.25) is 0 Å². The van der Waals surface area contributed by atoms with Gasteiger partial charge in [0.25, 0.3) is 0 Å². The van der Waals surface area contributed by atoms with Gasteiger partial charge in [-0.25, -0.2) is 0 Å². The molecule has 1 aliphatic heterocycles. The van der Waals surface area contributed by atoms with Gasteiger partial charge in [0.1, 0.15) is 5.03 Å². The zero-order valence-corrected chi connectivity index (χ0v) is 19.9. The summed E-state index contributed by atoms with van der Waals surface area (Å²) in [6, 6.07) is 29.9. The number of para-hydroxylation sites is 1. The molecule has 36 heavy (non-hydrogen) atoms. The summed E-state index contributed by atoms with van der Waals surface area (Å²) < 4.78 is 23.0. The molecule has 0 amide bonds. The van der Waals surface area contributed by atoms with Gasteiger partial charge in [-0.1, -0.05) is 78.9 Å². The number of nitrogens with zero attached hydrogens (tertiary/aromatic N) is 1.